The predicted molar refractivity (Wildman–Crippen MR) is 122 cm³/mol. The van der Waals surface area contributed by atoms with E-state index < -0.39 is 11.9 Å². The number of thiocarbonyl (C=S) groups is 1. The van der Waals surface area contributed by atoms with E-state index >= 15 is 0 Å². The molecule has 0 saturated heterocycles. The smallest absolute Gasteiger partial charge is 0.337 e. The fourth-order valence-electron chi connectivity index (χ4n) is 2.68. The topological polar surface area (TPSA) is 96.5 Å². The van der Waals surface area contributed by atoms with Crippen LogP contribution >= 0.6 is 12.2 Å². The monoisotopic (exact) mass is 433 g/mol. The lowest BCUT2D eigenvalue weighted by atomic mass is 10.1. The largest absolute Gasteiger partial charge is 0.465 e. The quantitative estimate of drug-likeness (QED) is 0.418. The van der Waals surface area contributed by atoms with Gasteiger partial charge in [0.05, 0.1) is 12.7 Å². The molecule has 0 bridgehead atoms. The summed E-state index contributed by atoms with van der Waals surface area (Å²) in [5.41, 5.74) is 2.33. The molecule has 8 heteroatoms. The lowest BCUT2D eigenvalue weighted by molar-refractivity contribution is 0.0600. The van der Waals surface area contributed by atoms with Gasteiger partial charge in [0.25, 0.3) is 11.8 Å². The van der Waals surface area contributed by atoms with Crippen LogP contribution in [0.4, 0.5) is 11.4 Å². The third-order valence-electron chi connectivity index (χ3n) is 4.21. The number of anilines is 2. The Hall–Kier alpha value is -4.04. The molecule has 3 rings (SSSR count). The van der Waals surface area contributed by atoms with Gasteiger partial charge in [0.1, 0.15) is 0 Å². The van der Waals surface area contributed by atoms with E-state index in [1.165, 1.54) is 31.4 Å². The van der Waals surface area contributed by atoms with Crippen LogP contribution in [0, 0.1) is 0 Å². The second-order valence-electron chi connectivity index (χ2n) is 6.38. The van der Waals surface area contributed by atoms with Crippen LogP contribution in [0.15, 0.2) is 78.9 Å². The molecule has 0 fully saturated rings. The summed E-state index contributed by atoms with van der Waals surface area (Å²) in [5.74, 6) is -1.19. The van der Waals surface area contributed by atoms with Gasteiger partial charge in [0, 0.05) is 22.5 Å². The van der Waals surface area contributed by atoms with Crippen LogP contribution in [0.25, 0.3) is 0 Å². The van der Waals surface area contributed by atoms with Crippen molar-refractivity contribution in [3.05, 3.63) is 95.6 Å². The average Bonchev–Trinajstić information content (AvgIpc) is 2.79. The van der Waals surface area contributed by atoms with Gasteiger partial charge < -0.3 is 15.4 Å². The van der Waals surface area contributed by atoms with Gasteiger partial charge in [-0.15, -0.1) is 0 Å². The van der Waals surface area contributed by atoms with E-state index in [-0.39, 0.29) is 11.0 Å². The Morgan fingerprint density at radius 1 is 0.710 bits per heavy atom. The number of nitrogens with one attached hydrogen (secondary N) is 3. The molecular formula is C23H19N3O4S. The SMILES string of the molecule is COC(=O)c1ccc(C(=O)NC(=S)Nc2cccc(C(=O)Nc3ccccc3)c2)cc1. The number of carbonyl (C=O) groups is 3. The Bertz CT molecular complexity index is 1120. The van der Waals surface area contributed by atoms with E-state index in [1.807, 2.05) is 18.2 Å². The number of benzene rings is 3. The molecule has 3 N–H and O–H groups in total. The lowest BCUT2D eigenvalue weighted by Crippen LogP contribution is -2.34. The summed E-state index contributed by atoms with van der Waals surface area (Å²) in [5, 5.41) is 8.33. The van der Waals surface area contributed by atoms with E-state index in [4.69, 9.17) is 12.2 Å². The molecule has 0 aliphatic heterocycles. The summed E-state index contributed by atoms with van der Waals surface area (Å²) in [7, 11) is 1.29. The van der Waals surface area contributed by atoms with Crippen molar-refractivity contribution < 1.29 is 19.1 Å². The van der Waals surface area contributed by atoms with Crippen LogP contribution in [0.2, 0.25) is 0 Å². The highest BCUT2D eigenvalue weighted by atomic mass is 32.1. The van der Waals surface area contributed by atoms with Crippen molar-refractivity contribution in [2.45, 2.75) is 0 Å². The molecule has 0 saturated carbocycles. The van der Waals surface area contributed by atoms with E-state index in [2.05, 4.69) is 20.7 Å². The minimum Gasteiger partial charge on any atom is -0.465 e. The Balaban J connectivity index is 1.60. The number of hydrogen-bond acceptors (Lipinski definition) is 5. The highest BCUT2D eigenvalue weighted by Gasteiger charge is 2.11. The Morgan fingerprint density at radius 3 is 2.03 bits per heavy atom. The van der Waals surface area contributed by atoms with Crippen LogP contribution < -0.4 is 16.0 Å². The third-order valence-corrected chi connectivity index (χ3v) is 4.41. The van der Waals surface area contributed by atoms with E-state index in [9.17, 15) is 14.4 Å². The second kappa shape index (κ2) is 10.1. The predicted octanol–water partition coefficient (Wildman–Crippen LogP) is 3.85. The van der Waals surface area contributed by atoms with Crippen molar-refractivity contribution in [1.29, 1.82) is 0 Å². The summed E-state index contributed by atoms with van der Waals surface area (Å²) < 4.78 is 4.63. The fraction of sp³-hybridized carbons (Fsp3) is 0.0435. The standard InChI is InChI=1S/C23H19N3O4S/c1-30-22(29)16-12-10-15(11-13-16)20(27)26-23(31)25-19-9-5-6-17(14-19)21(28)24-18-7-3-2-4-8-18/h2-14H,1H3,(H,24,28)(H2,25,26,27,31). The second-order valence-corrected chi connectivity index (χ2v) is 6.79. The highest BCUT2D eigenvalue weighted by molar-refractivity contribution is 7.80. The molecule has 156 valence electrons. The van der Waals surface area contributed by atoms with Gasteiger partial charge in [-0.3, -0.25) is 14.9 Å². The maximum Gasteiger partial charge on any atom is 0.337 e. The van der Waals surface area contributed by atoms with Gasteiger partial charge in [0.15, 0.2) is 5.11 Å². The molecule has 2 amide bonds. The van der Waals surface area contributed by atoms with Gasteiger partial charge in [-0.1, -0.05) is 24.3 Å². The van der Waals surface area contributed by atoms with Gasteiger partial charge >= 0.3 is 5.97 Å². The van der Waals surface area contributed by atoms with Crippen LogP contribution in [-0.4, -0.2) is 30.0 Å². The number of carbonyl (C=O) groups excluding carboxylic acids is 3. The summed E-state index contributed by atoms with van der Waals surface area (Å²) in [6.07, 6.45) is 0. The molecular weight excluding hydrogens is 414 g/mol. The molecule has 0 heterocycles. The molecule has 0 aromatic heterocycles. The van der Waals surface area contributed by atoms with Crippen LogP contribution in [0.3, 0.4) is 0 Å². The minimum absolute atomic E-state index is 0.0719. The van der Waals surface area contributed by atoms with Gasteiger partial charge in [-0.25, -0.2) is 4.79 Å². The molecule has 0 aliphatic carbocycles. The first-order valence-electron chi connectivity index (χ1n) is 9.23. The number of methoxy groups -OCH3 is 1. The Labute approximate surface area is 184 Å². The summed E-state index contributed by atoms with van der Waals surface area (Å²) in [6.45, 7) is 0. The lowest BCUT2D eigenvalue weighted by Gasteiger charge is -2.11. The Morgan fingerprint density at radius 2 is 1.35 bits per heavy atom. The Kier molecular flexibility index (Phi) is 7.08. The van der Waals surface area contributed by atoms with Crippen molar-refractivity contribution in [1.82, 2.24) is 5.32 Å². The van der Waals surface area contributed by atoms with Gasteiger partial charge in [0.2, 0.25) is 0 Å². The van der Waals surface area contributed by atoms with E-state index in [0.29, 0.717) is 28.1 Å². The summed E-state index contributed by atoms with van der Waals surface area (Å²) in [4.78, 5) is 36.3. The van der Waals surface area contributed by atoms with Gasteiger partial charge in [-0.2, -0.15) is 0 Å². The highest BCUT2D eigenvalue weighted by Crippen LogP contribution is 2.14. The molecule has 0 aliphatic rings. The van der Waals surface area contributed by atoms with Crippen LogP contribution in [0.1, 0.15) is 31.1 Å². The molecule has 31 heavy (non-hydrogen) atoms. The van der Waals surface area contributed by atoms with Crippen molar-refractivity contribution >= 4 is 46.5 Å². The third kappa shape index (κ3) is 5.97. The van der Waals surface area contributed by atoms with Crippen molar-refractivity contribution in [3.8, 4) is 0 Å². The number of amides is 2. The molecule has 7 nitrogen and oxygen atoms in total. The van der Waals surface area contributed by atoms with E-state index in [0.717, 1.165) is 0 Å². The summed E-state index contributed by atoms with van der Waals surface area (Å²) >= 11 is 5.19. The van der Waals surface area contributed by atoms with Crippen molar-refractivity contribution in [2.24, 2.45) is 0 Å². The first kappa shape index (κ1) is 21.7. The van der Waals surface area contributed by atoms with Crippen LogP contribution in [0.5, 0.6) is 0 Å². The van der Waals surface area contributed by atoms with Crippen molar-refractivity contribution in [3.63, 3.8) is 0 Å². The maximum atomic E-state index is 12.4. The fourth-order valence-corrected chi connectivity index (χ4v) is 2.89. The zero-order chi connectivity index (χ0) is 22.2. The number of para-hydroxylation sites is 1. The number of rotatable bonds is 5. The molecule has 3 aromatic carbocycles. The zero-order valence-corrected chi connectivity index (χ0v) is 17.4. The average molecular weight is 433 g/mol. The van der Waals surface area contributed by atoms with Crippen LogP contribution in [-0.2, 0) is 4.74 Å². The molecule has 0 unspecified atom stereocenters. The van der Waals surface area contributed by atoms with Gasteiger partial charge in [-0.05, 0) is 66.8 Å². The molecule has 0 spiro atoms. The number of esters is 1. The molecule has 0 radical (unpaired) electrons. The first-order chi connectivity index (χ1) is 15.0. The maximum absolute atomic E-state index is 12.4. The zero-order valence-electron chi connectivity index (χ0n) is 16.5. The minimum atomic E-state index is -0.486. The first-order valence-corrected chi connectivity index (χ1v) is 9.64. The number of ether oxygens (including phenoxy) is 1. The normalized spacial score (nSPS) is 9.97. The van der Waals surface area contributed by atoms with E-state index in [1.54, 1.807) is 36.4 Å². The number of hydrogen-bond donors (Lipinski definition) is 3. The molecule has 0 atom stereocenters. The summed E-state index contributed by atoms with van der Waals surface area (Å²) in [6, 6.07) is 21.8. The molecule has 3 aromatic rings. The van der Waals surface area contributed by atoms with Crippen molar-refractivity contribution in [2.75, 3.05) is 17.7 Å².